The van der Waals surface area contributed by atoms with Crippen LogP contribution in [0.3, 0.4) is 0 Å². The van der Waals surface area contributed by atoms with Crippen LogP contribution in [0.1, 0.15) is 52.4 Å². The van der Waals surface area contributed by atoms with Gasteiger partial charge < -0.3 is 5.11 Å². The summed E-state index contributed by atoms with van der Waals surface area (Å²) in [5, 5.41) is 10.4. The van der Waals surface area contributed by atoms with Crippen LogP contribution in [0.4, 0.5) is 0 Å². The fourth-order valence-corrected chi connectivity index (χ4v) is 2.27. The summed E-state index contributed by atoms with van der Waals surface area (Å²) in [6.07, 6.45) is 8.71. The molecule has 0 amide bonds. The molecule has 0 radical (unpaired) electrons. The average Bonchev–Trinajstić information content (AvgIpc) is 2.25. The number of allylic oxidation sites excluding steroid dienone is 1. The predicted molar refractivity (Wildman–Crippen MR) is 71.5 cm³/mol. The Morgan fingerprint density at radius 2 is 2.07 bits per heavy atom. The van der Waals surface area contributed by atoms with Crippen molar-refractivity contribution in [2.24, 2.45) is 0 Å². The number of aliphatic hydroxyl groups is 1. The molecule has 1 nitrogen and oxygen atoms in total. The van der Waals surface area contributed by atoms with Gasteiger partial charge in [0.1, 0.15) is 0 Å². The molecule has 0 aliphatic rings. The van der Waals surface area contributed by atoms with E-state index >= 15 is 0 Å². The average molecular weight is 230 g/mol. The third kappa shape index (κ3) is 10.3. The van der Waals surface area contributed by atoms with Crippen molar-refractivity contribution in [2.45, 2.75) is 63.7 Å². The second-order valence-corrected chi connectivity index (χ2v) is 5.60. The van der Waals surface area contributed by atoms with E-state index in [0.29, 0.717) is 5.25 Å². The van der Waals surface area contributed by atoms with Crippen LogP contribution in [-0.4, -0.2) is 22.2 Å². The quantitative estimate of drug-likeness (QED) is 0.452. The summed E-state index contributed by atoms with van der Waals surface area (Å²) in [6, 6.07) is 0. The molecule has 0 aliphatic carbocycles. The molecule has 2 heteroatoms. The Morgan fingerprint density at radius 1 is 1.33 bits per heavy atom. The highest BCUT2D eigenvalue weighted by molar-refractivity contribution is 7.99. The van der Waals surface area contributed by atoms with Crippen molar-refractivity contribution in [2.75, 3.05) is 5.75 Å². The number of thioether (sulfide) groups is 1. The van der Waals surface area contributed by atoms with Crippen LogP contribution in [0.15, 0.2) is 12.7 Å². The Balaban J connectivity index is 3.25. The first kappa shape index (κ1) is 15.0. The molecule has 0 spiro atoms. The first-order valence-corrected chi connectivity index (χ1v) is 7.16. The van der Waals surface area contributed by atoms with Gasteiger partial charge in [0.25, 0.3) is 0 Å². The van der Waals surface area contributed by atoms with E-state index in [1.807, 2.05) is 17.8 Å². The summed E-state index contributed by atoms with van der Waals surface area (Å²) in [6.45, 7) is 8.12. The molecule has 2 unspecified atom stereocenters. The van der Waals surface area contributed by atoms with Crippen LogP contribution < -0.4 is 0 Å². The van der Waals surface area contributed by atoms with Gasteiger partial charge in [0.2, 0.25) is 0 Å². The predicted octanol–water partition coefficient (Wildman–Crippen LogP) is 4.02. The van der Waals surface area contributed by atoms with Crippen molar-refractivity contribution in [1.82, 2.24) is 0 Å². The topological polar surface area (TPSA) is 20.2 Å². The standard InChI is InChI=1S/C13H26OS/c1-4-6-7-8-9-10-13(14)11-15-12(3)5-2/h4,12-14H,1,5-11H2,2-3H3. The first-order valence-electron chi connectivity index (χ1n) is 6.11. The maximum Gasteiger partial charge on any atom is 0.0630 e. The lowest BCUT2D eigenvalue weighted by Crippen LogP contribution is -2.11. The van der Waals surface area contributed by atoms with Crippen LogP contribution in [0.5, 0.6) is 0 Å². The van der Waals surface area contributed by atoms with Gasteiger partial charge in [-0.05, 0) is 25.7 Å². The highest BCUT2D eigenvalue weighted by atomic mass is 32.2. The van der Waals surface area contributed by atoms with Crippen LogP contribution in [0.2, 0.25) is 0 Å². The zero-order chi connectivity index (χ0) is 11.5. The van der Waals surface area contributed by atoms with E-state index < -0.39 is 0 Å². The molecule has 0 aromatic rings. The van der Waals surface area contributed by atoms with Gasteiger partial charge in [-0.15, -0.1) is 6.58 Å². The molecule has 90 valence electrons. The van der Waals surface area contributed by atoms with Gasteiger partial charge in [-0.25, -0.2) is 0 Å². The molecular weight excluding hydrogens is 204 g/mol. The van der Waals surface area contributed by atoms with Crippen molar-refractivity contribution in [3.05, 3.63) is 12.7 Å². The van der Waals surface area contributed by atoms with Gasteiger partial charge in [-0.3, -0.25) is 0 Å². The number of rotatable bonds is 10. The van der Waals surface area contributed by atoms with Crippen LogP contribution >= 0.6 is 11.8 Å². The summed E-state index contributed by atoms with van der Waals surface area (Å²) < 4.78 is 0. The lowest BCUT2D eigenvalue weighted by atomic mass is 10.1. The van der Waals surface area contributed by atoms with Gasteiger partial charge >= 0.3 is 0 Å². The summed E-state index contributed by atoms with van der Waals surface area (Å²) >= 11 is 1.89. The summed E-state index contributed by atoms with van der Waals surface area (Å²) in [7, 11) is 0. The highest BCUT2D eigenvalue weighted by Gasteiger charge is 2.06. The summed E-state index contributed by atoms with van der Waals surface area (Å²) in [4.78, 5) is 0. The summed E-state index contributed by atoms with van der Waals surface area (Å²) in [5.74, 6) is 0.899. The molecule has 0 aromatic heterocycles. The number of hydrogen-bond acceptors (Lipinski definition) is 2. The summed E-state index contributed by atoms with van der Waals surface area (Å²) in [5.41, 5.74) is 0. The van der Waals surface area contributed by atoms with E-state index in [2.05, 4.69) is 20.4 Å². The molecule has 0 aliphatic heterocycles. The highest BCUT2D eigenvalue weighted by Crippen LogP contribution is 2.17. The molecule has 0 saturated heterocycles. The zero-order valence-electron chi connectivity index (χ0n) is 10.2. The lowest BCUT2D eigenvalue weighted by molar-refractivity contribution is 0.185. The van der Waals surface area contributed by atoms with E-state index in [0.717, 1.165) is 25.0 Å². The van der Waals surface area contributed by atoms with E-state index in [1.54, 1.807) is 0 Å². The SMILES string of the molecule is C=CCCCCCC(O)CSC(C)CC. The molecule has 0 fully saturated rings. The Labute approximate surface area is 99.3 Å². The first-order chi connectivity index (χ1) is 7.20. The molecule has 0 heterocycles. The number of aliphatic hydroxyl groups excluding tert-OH is 1. The minimum Gasteiger partial charge on any atom is -0.392 e. The molecule has 1 N–H and O–H groups in total. The van der Waals surface area contributed by atoms with Gasteiger partial charge in [0.15, 0.2) is 0 Å². The minimum absolute atomic E-state index is 0.104. The van der Waals surface area contributed by atoms with Gasteiger partial charge in [0, 0.05) is 11.0 Å². The van der Waals surface area contributed by atoms with Gasteiger partial charge in [-0.2, -0.15) is 11.8 Å². The minimum atomic E-state index is -0.104. The molecule has 0 saturated carbocycles. The second kappa shape index (κ2) is 10.6. The van der Waals surface area contributed by atoms with Crippen molar-refractivity contribution in [1.29, 1.82) is 0 Å². The van der Waals surface area contributed by atoms with Gasteiger partial charge in [-0.1, -0.05) is 32.8 Å². The van der Waals surface area contributed by atoms with E-state index in [1.165, 1.54) is 19.3 Å². The van der Waals surface area contributed by atoms with Crippen LogP contribution in [-0.2, 0) is 0 Å². The Kier molecular flexibility index (Phi) is 10.6. The fourth-order valence-electron chi connectivity index (χ4n) is 1.32. The van der Waals surface area contributed by atoms with E-state index in [4.69, 9.17) is 0 Å². The van der Waals surface area contributed by atoms with Gasteiger partial charge in [0.05, 0.1) is 6.10 Å². The molecule has 2 atom stereocenters. The fraction of sp³-hybridized carbons (Fsp3) is 0.846. The molecule has 0 bridgehead atoms. The molecule has 0 aromatic carbocycles. The number of hydrogen-bond donors (Lipinski definition) is 1. The Morgan fingerprint density at radius 3 is 2.67 bits per heavy atom. The van der Waals surface area contributed by atoms with Crippen molar-refractivity contribution < 1.29 is 5.11 Å². The largest absolute Gasteiger partial charge is 0.392 e. The van der Waals surface area contributed by atoms with Crippen molar-refractivity contribution in [3.63, 3.8) is 0 Å². The normalized spacial score (nSPS) is 14.9. The monoisotopic (exact) mass is 230 g/mol. The molecule has 0 rings (SSSR count). The third-order valence-corrected chi connectivity index (χ3v) is 4.07. The molecule has 15 heavy (non-hydrogen) atoms. The maximum atomic E-state index is 9.71. The van der Waals surface area contributed by atoms with Crippen LogP contribution in [0, 0.1) is 0 Å². The lowest BCUT2D eigenvalue weighted by Gasteiger charge is -2.13. The van der Waals surface area contributed by atoms with Crippen molar-refractivity contribution in [3.8, 4) is 0 Å². The van der Waals surface area contributed by atoms with E-state index in [9.17, 15) is 5.11 Å². The number of unbranched alkanes of at least 4 members (excludes halogenated alkanes) is 3. The maximum absolute atomic E-state index is 9.71. The molecular formula is C13H26OS. The van der Waals surface area contributed by atoms with E-state index in [-0.39, 0.29) is 6.10 Å². The Bertz CT molecular complexity index is 147. The van der Waals surface area contributed by atoms with Crippen molar-refractivity contribution >= 4 is 11.8 Å². The Hall–Kier alpha value is 0.0500. The smallest absolute Gasteiger partial charge is 0.0630 e. The van der Waals surface area contributed by atoms with Crippen LogP contribution in [0.25, 0.3) is 0 Å². The third-order valence-electron chi connectivity index (χ3n) is 2.59. The zero-order valence-corrected chi connectivity index (χ0v) is 11.1. The second-order valence-electron chi connectivity index (χ2n) is 4.13.